The fraction of sp³-hybridized carbons (Fsp3) is 0.400. The van der Waals surface area contributed by atoms with Gasteiger partial charge in [-0.05, 0) is 32.9 Å². The average molecular weight is 259 g/mol. The van der Waals surface area contributed by atoms with Crippen molar-refractivity contribution < 1.29 is 5.11 Å². The predicted octanol–water partition coefficient (Wildman–Crippen LogP) is 1.96. The lowest BCUT2D eigenvalue weighted by atomic mass is 10.2. The molecule has 2 N–H and O–H groups in total. The molecule has 0 radical (unpaired) electrons. The lowest BCUT2D eigenvalue weighted by Gasteiger charge is -2.08. The molecule has 1 heterocycles. The number of nitrogens with zero attached hydrogens (tertiary/aromatic N) is 2. The van der Waals surface area contributed by atoms with Crippen molar-refractivity contribution >= 4 is 0 Å². The number of hydrogen-bond donors (Lipinski definition) is 2. The summed E-state index contributed by atoms with van der Waals surface area (Å²) in [5.41, 5.74) is 4.44. The number of benzene rings is 1. The van der Waals surface area contributed by atoms with Crippen molar-refractivity contribution in [1.29, 1.82) is 0 Å². The molecule has 0 aliphatic rings. The molecule has 0 saturated heterocycles. The largest absolute Gasteiger partial charge is 0.392 e. The van der Waals surface area contributed by atoms with Gasteiger partial charge in [-0.3, -0.25) is 0 Å². The maximum absolute atomic E-state index is 9.27. The van der Waals surface area contributed by atoms with Crippen LogP contribution in [0.5, 0.6) is 0 Å². The van der Waals surface area contributed by atoms with Crippen molar-refractivity contribution in [2.75, 3.05) is 6.54 Å². The summed E-state index contributed by atoms with van der Waals surface area (Å²) in [5, 5.41) is 17.1. The zero-order valence-corrected chi connectivity index (χ0v) is 11.7. The smallest absolute Gasteiger partial charge is 0.0648 e. The third-order valence-corrected chi connectivity index (χ3v) is 3.18. The van der Waals surface area contributed by atoms with Gasteiger partial charge in [-0.2, -0.15) is 5.10 Å². The Labute approximate surface area is 114 Å². The normalized spacial score (nSPS) is 12.6. The molecule has 1 atom stereocenters. The number of aliphatic hydroxyl groups is 1. The molecule has 102 valence electrons. The molecule has 2 aromatic rings. The van der Waals surface area contributed by atoms with Crippen LogP contribution in [0.1, 0.15) is 23.9 Å². The summed E-state index contributed by atoms with van der Waals surface area (Å²) in [7, 11) is 0. The Morgan fingerprint density at radius 3 is 2.58 bits per heavy atom. The van der Waals surface area contributed by atoms with Crippen molar-refractivity contribution in [2.45, 2.75) is 33.4 Å². The van der Waals surface area contributed by atoms with E-state index in [4.69, 9.17) is 0 Å². The molecule has 0 saturated carbocycles. The van der Waals surface area contributed by atoms with E-state index in [9.17, 15) is 5.11 Å². The Morgan fingerprint density at radius 2 is 1.95 bits per heavy atom. The van der Waals surface area contributed by atoms with Crippen LogP contribution in [-0.2, 0) is 6.54 Å². The van der Waals surface area contributed by atoms with Gasteiger partial charge in [0, 0.05) is 24.3 Å². The molecule has 19 heavy (non-hydrogen) atoms. The predicted molar refractivity (Wildman–Crippen MR) is 76.4 cm³/mol. The Kier molecular flexibility index (Phi) is 4.35. The van der Waals surface area contributed by atoms with Crippen molar-refractivity contribution in [3.63, 3.8) is 0 Å². The van der Waals surface area contributed by atoms with E-state index in [0.29, 0.717) is 6.54 Å². The van der Waals surface area contributed by atoms with Crippen LogP contribution < -0.4 is 5.32 Å². The monoisotopic (exact) mass is 259 g/mol. The quantitative estimate of drug-likeness (QED) is 0.863. The summed E-state index contributed by atoms with van der Waals surface area (Å²) in [6, 6.07) is 10.1. The number of rotatable bonds is 5. The number of aryl methyl sites for hydroxylation is 1. The number of hydrogen-bond acceptors (Lipinski definition) is 3. The summed E-state index contributed by atoms with van der Waals surface area (Å²) in [4.78, 5) is 0. The van der Waals surface area contributed by atoms with Crippen molar-refractivity contribution in [3.8, 4) is 5.69 Å². The molecule has 0 amide bonds. The summed E-state index contributed by atoms with van der Waals surface area (Å²) >= 11 is 0. The van der Waals surface area contributed by atoms with Crippen molar-refractivity contribution in [3.05, 3.63) is 47.3 Å². The molecule has 0 spiro atoms. The number of aromatic nitrogens is 2. The van der Waals surface area contributed by atoms with E-state index in [1.54, 1.807) is 6.92 Å². The van der Waals surface area contributed by atoms with Crippen LogP contribution in [0.4, 0.5) is 0 Å². The summed E-state index contributed by atoms with van der Waals surface area (Å²) < 4.78 is 1.97. The second kappa shape index (κ2) is 5.99. The fourth-order valence-corrected chi connectivity index (χ4v) is 2.16. The SMILES string of the molecule is Cc1nn(-c2ccccc2)c(C)c1CNCC(C)O. The van der Waals surface area contributed by atoms with Gasteiger partial charge in [-0.25, -0.2) is 4.68 Å². The van der Waals surface area contributed by atoms with E-state index in [1.165, 1.54) is 5.56 Å². The molecule has 1 unspecified atom stereocenters. The highest BCUT2D eigenvalue weighted by Crippen LogP contribution is 2.17. The average Bonchev–Trinajstić information content (AvgIpc) is 2.67. The van der Waals surface area contributed by atoms with E-state index in [2.05, 4.69) is 17.3 Å². The van der Waals surface area contributed by atoms with Crippen LogP contribution in [0.3, 0.4) is 0 Å². The second-order valence-corrected chi connectivity index (χ2v) is 4.88. The van der Waals surface area contributed by atoms with E-state index in [0.717, 1.165) is 23.6 Å². The Morgan fingerprint density at radius 1 is 1.26 bits per heavy atom. The molecule has 0 aliphatic carbocycles. The first-order valence-corrected chi connectivity index (χ1v) is 6.59. The first-order valence-electron chi connectivity index (χ1n) is 6.59. The second-order valence-electron chi connectivity index (χ2n) is 4.88. The number of aliphatic hydroxyl groups excluding tert-OH is 1. The zero-order chi connectivity index (χ0) is 13.8. The standard InChI is InChI=1S/C15H21N3O/c1-11(19)9-16-10-15-12(2)17-18(13(15)3)14-7-5-4-6-8-14/h4-8,11,16,19H,9-10H2,1-3H3. The highest BCUT2D eigenvalue weighted by Gasteiger charge is 2.12. The van der Waals surface area contributed by atoms with Gasteiger partial charge >= 0.3 is 0 Å². The topological polar surface area (TPSA) is 50.1 Å². The van der Waals surface area contributed by atoms with Crippen molar-refractivity contribution in [1.82, 2.24) is 15.1 Å². The van der Waals surface area contributed by atoms with Crippen LogP contribution >= 0.6 is 0 Å². The Balaban J connectivity index is 2.20. The molecule has 0 fully saturated rings. The molecular formula is C15H21N3O. The molecule has 1 aromatic carbocycles. The minimum atomic E-state index is -0.329. The maximum Gasteiger partial charge on any atom is 0.0648 e. The summed E-state index contributed by atoms with van der Waals surface area (Å²) in [6.07, 6.45) is -0.329. The van der Waals surface area contributed by atoms with E-state index < -0.39 is 0 Å². The highest BCUT2D eigenvalue weighted by molar-refractivity contribution is 5.36. The van der Waals surface area contributed by atoms with Gasteiger partial charge in [0.05, 0.1) is 17.5 Å². The summed E-state index contributed by atoms with van der Waals surface area (Å²) in [6.45, 7) is 7.20. The van der Waals surface area contributed by atoms with Gasteiger partial charge < -0.3 is 10.4 Å². The van der Waals surface area contributed by atoms with Gasteiger partial charge in [0.15, 0.2) is 0 Å². The molecule has 0 aliphatic heterocycles. The molecule has 2 rings (SSSR count). The molecule has 4 nitrogen and oxygen atoms in total. The van der Waals surface area contributed by atoms with Gasteiger partial charge in [0.25, 0.3) is 0 Å². The van der Waals surface area contributed by atoms with Gasteiger partial charge in [0.1, 0.15) is 0 Å². The summed E-state index contributed by atoms with van der Waals surface area (Å²) in [5.74, 6) is 0. The first-order chi connectivity index (χ1) is 9.09. The Bertz CT molecular complexity index is 532. The number of para-hydroxylation sites is 1. The fourth-order valence-electron chi connectivity index (χ4n) is 2.16. The van der Waals surface area contributed by atoms with Crippen LogP contribution in [0.25, 0.3) is 5.69 Å². The van der Waals surface area contributed by atoms with Crippen LogP contribution in [0, 0.1) is 13.8 Å². The van der Waals surface area contributed by atoms with E-state index >= 15 is 0 Å². The molecular weight excluding hydrogens is 238 g/mol. The lowest BCUT2D eigenvalue weighted by Crippen LogP contribution is -2.24. The third-order valence-electron chi connectivity index (χ3n) is 3.18. The zero-order valence-electron chi connectivity index (χ0n) is 11.7. The van der Waals surface area contributed by atoms with Crippen LogP contribution in [0.15, 0.2) is 30.3 Å². The van der Waals surface area contributed by atoms with E-state index in [1.807, 2.05) is 41.9 Å². The number of nitrogens with one attached hydrogen (secondary N) is 1. The molecule has 1 aromatic heterocycles. The molecule has 0 bridgehead atoms. The molecule has 4 heteroatoms. The van der Waals surface area contributed by atoms with Crippen LogP contribution in [0.2, 0.25) is 0 Å². The third kappa shape index (κ3) is 3.22. The van der Waals surface area contributed by atoms with Gasteiger partial charge in [0.2, 0.25) is 0 Å². The van der Waals surface area contributed by atoms with Gasteiger partial charge in [-0.15, -0.1) is 0 Å². The van der Waals surface area contributed by atoms with Crippen LogP contribution in [-0.4, -0.2) is 27.5 Å². The van der Waals surface area contributed by atoms with Gasteiger partial charge in [-0.1, -0.05) is 18.2 Å². The minimum absolute atomic E-state index is 0.329. The minimum Gasteiger partial charge on any atom is -0.392 e. The van der Waals surface area contributed by atoms with Crippen molar-refractivity contribution in [2.24, 2.45) is 0 Å². The first kappa shape index (κ1) is 13.8. The maximum atomic E-state index is 9.27. The van der Waals surface area contributed by atoms with E-state index in [-0.39, 0.29) is 6.10 Å². The lowest BCUT2D eigenvalue weighted by molar-refractivity contribution is 0.191. The Hall–Kier alpha value is -1.65. The highest BCUT2D eigenvalue weighted by atomic mass is 16.3.